The van der Waals surface area contributed by atoms with E-state index in [2.05, 4.69) is 5.32 Å². The number of anilines is 1. The second kappa shape index (κ2) is 4.69. The van der Waals surface area contributed by atoms with E-state index in [-0.39, 0.29) is 11.7 Å². The van der Waals surface area contributed by atoms with Gasteiger partial charge < -0.3 is 10.2 Å². The van der Waals surface area contributed by atoms with Gasteiger partial charge in [-0.2, -0.15) is 0 Å². The van der Waals surface area contributed by atoms with E-state index in [4.69, 9.17) is 0 Å². The molecule has 3 rings (SSSR count). The summed E-state index contributed by atoms with van der Waals surface area (Å²) in [5.74, 6) is 0.348. The van der Waals surface area contributed by atoms with Gasteiger partial charge in [-0.1, -0.05) is 6.07 Å². The van der Waals surface area contributed by atoms with Crippen LogP contribution in [0.4, 0.5) is 10.1 Å². The maximum Gasteiger partial charge on any atom is 0.227 e. The maximum absolute atomic E-state index is 13.4. The number of benzene rings is 1. The van der Waals surface area contributed by atoms with Crippen molar-refractivity contribution in [2.75, 3.05) is 24.5 Å². The molecule has 2 aliphatic rings. The molecule has 0 aromatic heterocycles. The van der Waals surface area contributed by atoms with Gasteiger partial charge in [-0.05, 0) is 49.5 Å². The molecular formula is C14H17FN2O. The van der Waals surface area contributed by atoms with Crippen LogP contribution in [0.5, 0.6) is 0 Å². The molecule has 1 aromatic rings. The van der Waals surface area contributed by atoms with E-state index in [0.29, 0.717) is 18.9 Å². The lowest BCUT2D eigenvalue weighted by Gasteiger charge is -2.31. The van der Waals surface area contributed by atoms with Crippen LogP contribution in [0.3, 0.4) is 0 Å². The predicted octanol–water partition coefficient (Wildman–Crippen LogP) is 1.71. The van der Waals surface area contributed by atoms with E-state index in [1.165, 1.54) is 12.1 Å². The number of carbonyl (C=O) groups is 1. The molecule has 0 aliphatic carbocycles. The van der Waals surface area contributed by atoms with Crippen LogP contribution in [0.15, 0.2) is 18.2 Å². The summed E-state index contributed by atoms with van der Waals surface area (Å²) in [4.78, 5) is 13.8. The van der Waals surface area contributed by atoms with Gasteiger partial charge in [-0.25, -0.2) is 4.39 Å². The minimum atomic E-state index is -0.266. The number of nitrogens with one attached hydrogen (secondary N) is 1. The molecule has 1 aromatic carbocycles. The van der Waals surface area contributed by atoms with E-state index in [0.717, 1.165) is 37.2 Å². The van der Waals surface area contributed by atoms with Crippen molar-refractivity contribution in [1.82, 2.24) is 5.32 Å². The quantitative estimate of drug-likeness (QED) is 0.864. The Bertz CT molecular complexity index is 469. The molecule has 2 aliphatic heterocycles. The van der Waals surface area contributed by atoms with Crippen LogP contribution < -0.4 is 10.2 Å². The highest BCUT2D eigenvalue weighted by Gasteiger charge is 2.27. The Kier molecular flexibility index (Phi) is 3.04. The summed E-state index contributed by atoms with van der Waals surface area (Å²) in [6, 6.07) is 4.77. The Hall–Kier alpha value is -1.42. The third-order valence-corrected chi connectivity index (χ3v) is 3.85. The van der Waals surface area contributed by atoms with Crippen molar-refractivity contribution in [1.29, 1.82) is 0 Å². The molecular weight excluding hydrogens is 231 g/mol. The first-order valence-electron chi connectivity index (χ1n) is 6.53. The average Bonchev–Trinajstić information content (AvgIpc) is 2.86. The van der Waals surface area contributed by atoms with Crippen LogP contribution in [0.1, 0.15) is 18.4 Å². The van der Waals surface area contributed by atoms with Gasteiger partial charge in [0.2, 0.25) is 5.91 Å². The minimum Gasteiger partial charge on any atom is -0.316 e. The van der Waals surface area contributed by atoms with Gasteiger partial charge in [0.25, 0.3) is 0 Å². The van der Waals surface area contributed by atoms with Crippen molar-refractivity contribution in [3.8, 4) is 0 Å². The summed E-state index contributed by atoms with van der Waals surface area (Å²) in [6.45, 7) is 2.68. The fraction of sp³-hybridized carbons (Fsp3) is 0.500. The van der Waals surface area contributed by atoms with Gasteiger partial charge in [0.05, 0.1) is 0 Å². The number of halogens is 1. The number of rotatable bonds is 2. The highest BCUT2D eigenvalue weighted by Crippen LogP contribution is 2.29. The molecule has 0 spiro atoms. The molecule has 2 heterocycles. The first-order valence-corrected chi connectivity index (χ1v) is 6.53. The lowest BCUT2D eigenvalue weighted by Crippen LogP contribution is -2.39. The zero-order valence-electron chi connectivity index (χ0n) is 10.3. The highest BCUT2D eigenvalue weighted by atomic mass is 19.1. The third kappa shape index (κ3) is 2.12. The molecule has 4 heteroatoms. The smallest absolute Gasteiger partial charge is 0.227 e. The number of aryl methyl sites for hydroxylation is 1. The van der Waals surface area contributed by atoms with E-state index in [1.807, 2.05) is 0 Å². The van der Waals surface area contributed by atoms with Crippen LogP contribution in [0, 0.1) is 11.7 Å². The molecule has 18 heavy (non-hydrogen) atoms. The number of carbonyl (C=O) groups excluding carboxylic acids is 1. The topological polar surface area (TPSA) is 32.3 Å². The van der Waals surface area contributed by atoms with E-state index in [9.17, 15) is 9.18 Å². The number of hydrogen-bond acceptors (Lipinski definition) is 2. The van der Waals surface area contributed by atoms with E-state index in [1.54, 1.807) is 11.0 Å². The Morgan fingerprint density at radius 1 is 1.39 bits per heavy atom. The first-order chi connectivity index (χ1) is 8.74. The standard InChI is InChI=1S/C14H17FN2O/c15-12-3-1-11-2-4-14(18)17(13(11)7-12)9-10-5-6-16-8-10/h1,3,7,10,16H,2,4-6,8-9H2. The normalized spacial score (nSPS) is 23.3. The zero-order chi connectivity index (χ0) is 12.5. The fourth-order valence-corrected chi connectivity index (χ4v) is 2.84. The van der Waals surface area contributed by atoms with Gasteiger partial charge in [0.1, 0.15) is 5.82 Å². The second-order valence-electron chi connectivity index (χ2n) is 5.14. The molecule has 3 nitrogen and oxygen atoms in total. The maximum atomic E-state index is 13.4. The molecule has 1 atom stereocenters. The highest BCUT2D eigenvalue weighted by molar-refractivity contribution is 5.96. The molecule has 96 valence electrons. The molecule has 0 bridgehead atoms. The van der Waals surface area contributed by atoms with Crippen molar-refractivity contribution < 1.29 is 9.18 Å². The average molecular weight is 248 g/mol. The molecule has 0 radical (unpaired) electrons. The van der Waals surface area contributed by atoms with Crippen molar-refractivity contribution in [2.24, 2.45) is 5.92 Å². The van der Waals surface area contributed by atoms with Crippen LogP contribution >= 0.6 is 0 Å². The van der Waals surface area contributed by atoms with Crippen LogP contribution in [0.2, 0.25) is 0 Å². The lowest BCUT2D eigenvalue weighted by atomic mass is 9.99. The van der Waals surface area contributed by atoms with Crippen molar-refractivity contribution in [3.05, 3.63) is 29.6 Å². The summed E-state index contributed by atoms with van der Waals surface area (Å²) < 4.78 is 13.4. The van der Waals surface area contributed by atoms with Gasteiger partial charge in [-0.15, -0.1) is 0 Å². The van der Waals surface area contributed by atoms with Crippen molar-refractivity contribution in [2.45, 2.75) is 19.3 Å². The summed E-state index contributed by atoms with van der Waals surface area (Å²) in [5.41, 5.74) is 1.86. The molecule has 1 unspecified atom stereocenters. The third-order valence-electron chi connectivity index (χ3n) is 3.85. The van der Waals surface area contributed by atoms with E-state index < -0.39 is 0 Å². The summed E-state index contributed by atoms with van der Waals surface area (Å²) in [7, 11) is 0. The summed E-state index contributed by atoms with van der Waals surface area (Å²) >= 11 is 0. The van der Waals surface area contributed by atoms with Crippen LogP contribution in [0.25, 0.3) is 0 Å². The van der Waals surface area contributed by atoms with Gasteiger partial charge in [0.15, 0.2) is 0 Å². The van der Waals surface area contributed by atoms with Crippen molar-refractivity contribution >= 4 is 11.6 Å². The summed E-state index contributed by atoms with van der Waals surface area (Å²) in [6.07, 6.45) is 2.36. The zero-order valence-corrected chi connectivity index (χ0v) is 10.3. The number of fused-ring (bicyclic) bond motifs is 1. The first kappa shape index (κ1) is 11.7. The fourth-order valence-electron chi connectivity index (χ4n) is 2.84. The molecule has 1 saturated heterocycles. The van der Waals surface area contributed by atoms with E-state index >= 15 is 0 Å². The Morgan fingerprint density at radius 3 is 3.06 bits per heavy atom. The molecule has 0 saturated carbocycles. The molecule has 1 amide bonds. The van der Waals surface area contributed by atoms with Crippen molar-refractivity contribution in [3.63, 3.8) is 0 Å². The lowest BCUT2D eigenvalue weighted by molar-refractivity contribution is -0.119. The monoisotopic (exact) mass is 248 g/mol. The number of hydrogen-bond donors (Lipinski definition) is 1. The second-order valence-corrected chi connectivity index (χ2v) is 5.14. The Balaban J connectivity index is 1.88. The molecule has 1 fully saturated rings. The Labute approximate surface area is 106 Å². The molecule has 1 N–H and O–H groups in total. The minimum absolute atomic E-state index is 0.125. The van der Waals surface area contributed by atoms with Gasteiger partial charge in [0, 0.05) is 18.7 Å². The number of amides is 1. The van der Waals surface area contributed by atoms with Gasteiger partial charge in [-0.3, -0.25) is 4.79 Å². The predicted molar refractivity (Wildman–Crippen MR) is 68.1 cm³/mol. The summed E-state index contributed by atoms with van der Waals surface area (Å²) in [5, 5.41) is 3.30. The Morgan fingerprint density at radius 2 is 2.28 bits per heavy atom. The van der Waals surface area contributed by atoms with Crippen LogP contribution in [-0.2, 0) is 11.2 Å². The van der Waals surface area contributed by atoms with Gasteiger partial charge >= 0.3 is 0 Å². The number of nitrogens with zero attached hydrogens (tertiary/aromatic N) is 1. The SMILES string of the molecule is O=C1CCc2ccc(F)cc2N1CC1CCNC1. The van der Waals surface area contributed by atoms with Crippen LogP contribution in [-0.4, -0.2) is 25.5 Å². The largest absolute Gasteiger partial charge is 0.316 e.